The van der Waals surface area contributed by atoms with E-state index in [9.17, 15) is 18.0 Å². The number of amides is 2. The van der Waals surface area contributed by atoms with E-state index in [2.05, 4.69) is 10.6 Å². The molecule has 8 nitrogen and oxygen atoms in total. The second kappa shape index (κ2) is 9.38. The van der Waals surface area contributed by atoms with Crippen molar-refractivity contribution >= 4 is 33.2 Å². The van der Waals surface area contributed by atoms with Crippen LogP contribution in [-0.2, 0) is 19.6 Å². The third-order valence-corrected chi connectivity index (χ3v) is 8.71. The molecule has 2 atom stereocenters. The maximum absolute atomic E-state index is 13.6. The fourth-order valence-electron chi connectivity index (χ4n) is 4.47. The average Bonchev–Trinajstić information content (AvgIpc) is 2.81. The van der Waals surface area contributed by atoms with Crippen molar-refractivity contribution in [3.8, 4) is 5.75 Å². The number of nitrogens with one attached hydrogen (secondary N) is 2. The lowest BCUT2D eigenvalue weighted by Crippen LogP contribution is -2.44. The number of benzene rings is 2. The molecule has 1 saturated heterocycles. The molecule has 1 fully saturated rings. The van der Waals surface area contributed by atoms with Gasteiger partial charge in [-0.15, -0.1) is 0 Å². The third kappa shape index (κ3) is 4.54. The minimum absolute atomic E-state index is 0.116. The SMILES string of the molecule is CC[C@H]1Oc2cc(S(=O)(=O)N3CCC[C@@H](C(=O)Nc4cccc(C)c4C)C3)c(C)cc2NC1=O. The molecule has 0 bridgehead atoms. The number of hydrogen-bond acceptors (Lipinski definition) is 5. The molecule has 2 amide bonds. The van der Waals surface area contributed by atoms with E-state index in [0.29, 0.717) is 42.8 Å². The first-order chi connectivity index (χ1) is 16.1. The molecule has 2 aromatic rings. The van der Waals surface area contributed by atoms with Crippen LogP contribution < -0.4 is 15.4 Å². The van der Waals surface area contributed by atoms with Gasteiger partial charge >= 0.3 is 0 Å². The van der Waals surface area contributed by atoms with Gasteiger partial charge in [0, 0.05) is 24.8 Å². The summed E-state index contributed by atoms with van der Waals surface area (Å²) in [6.45, 7) is 7.93. The lowest BCUT2D eigenvalue weighted by molar-refractivity contribution is -0.123. The summed E-state index contributed by atoms with van der Waals surface area (Å²) >= 11 is 0. The first-order valence-corrected chi connectivity index (χ1v) is 13.0. The molecule has 0 saturated carbocycles. The summed E-state index contributed by atoms with van der Waals surface area (Å²) < 4.78 is 34.3. The Morgan fingerprint density at radius 1 is 1.21 bits per heavy atom. The number of ether oxygens (including phenoxy) is 1. The van der Waals surface area contributed by atoms with E-state index in [-0.39, 0.29) is 23.3 Å². The third-order valence-electron chi connectivity index (χ3n) is 6.70. The van der Waals surface area contributed by atoms with Gasteiger partial charge in [-0.25, -0.2) is 8.42 Å². The zero-order chi connectivity index (χ0) is 24.6. The van der Waals surface area contributed by atoms with E-state index in [1.807, 2.05) is 39.0 Å². The van der Waals surface area contributed by atoms with E-state index in [0.717, 1.165) is 16.8 Å². The van der Waals surface area contributed by atoms with Crippen LogP contribution in [0.2, 0.25) is 0 Å². The van der Waals surface area contributed by atoms with E-state index in [1.54, 1.807) is 13.0 Å². The average molecular weight is 486 g/mol. The molecular weight excluding hydrogens is 454 g/mol. The van der Waals surface area contributed by atoms with Crippen LogP contribution in [0, 0.1) is 26.7 Å². The van der Waals surface area contributed by atoms with E-state index < -0.39 is 22.0 Å². The summed E-state index contributed by atoms with van der Waals surface area (Å²) in [5.41, 5.74) is 3.81. The lowest BCUT2D eigenvalue weighted by Gasteiger charge is -2.32. The number of sulfonamides is 1. The topological polar surface area (TPSA) is 105 Å². The van der Waals surface area contributed by atoms with Crippen molar-refractivity contribution < 1.29 is 22.7 Å². The molecule has 9 heteroatoms. The van der Waals surface area contributed by atoms with Crippen LogP contribution >= 0.6 is 0 Å². The van der Waals surface area contributed by atoms with Gasteiger partial charge in [0.2, 0.25) is 15.9 Å². The maximum atomic E-state index is 13.6. The Hall–Kier alpha value is -2.91. The first kappa shape index (κ1) is 24.2. The Bertz CT molecular complexity index is 1240. The van der Waals surface area contributed by atoms with Crippen molar-refractivity contribution in [1.29, 1.82) is 0 Å². The van der Waals surface area contributed by atoms with Gasteiger partial charge in [-0.2, -0.15) is 4.31 Å². The Morgan fingerprint density at radius 2 is 1.97 bits per heavy atom. The summed E-state index contributed by atoms with van der Waals surface area (Å²) in [6.07, 6.45) is 1.04. The Balaban J connectivity index is 1.55. The van der Waals surface area contributed by atoms with E-state index in [1.165, 1.54) is 10.4 Å². The molecule has 2 heterocycles. The number of rotatable bonds is 5. The highest BCUT2D eigenvalue weighted by atomic mass is 32.2. The van der Waals surface area contributed by atoms with Gasteiger partial charge < -0.3 is 15.4 Å². The lowest BCUT2D eigenvalue weighted by atomic mass is 9.98. The minimum Gasteiger partial charge on any atom is -0.478 e. The van der Waals surface area contributed by atoms with Crippen LogP contribution in [0.4, 0.5) is 11.4 Å². The number of carbonyl (C=O) groups excluding carboxylic acids is 2. The summed E-state index contributed by atoms with van der Waals surface area (Å²) in [5.74, 6) is -0.510. The molecule has 182 valence electrons. The van der Waals surface area contributed by atoms with Crippen molar-refractivity contribution in [3.63, 3.8) is 0 Å². The molecule has 0 unspecified atom stereocenters. The van der Waals surface area contributed by atoms with Gasteiger partial charge in [-0.1, -0.05) is 19.1 Å². The van der Waals surface area contributed by atoms with Crippen LogP contribution in [0.5, 0.6) is 5.75 Å². The highest BCUT2D eigenvalue weighted by Gasteiger charge is 2.36. The number of anilines is 2. The minimum atomic E-state index is -3.86. The summed E-state index contributed by atoms with van der Waals surface area (Å²) in [6, 6.07) is 8.85. The van der Waals surface area contributed by atoms with Crippen molar-refractivity contribution in [2.45, 2.75) is 58.0 Å². The van der Waals surface area contributed by atoms with Crippen molar-refractivity contribution in [2.24, 2.45) is 5.92 Å². The summed E-state index contributed by atoms with van der Waals surface area (Å²) in [5, 5.41) is 5.77. The number of hydrogen-bond donors (Lipinski definition) is 2. The van der Waals surface area contributed by atoms with Crippen molar-refractivity contribution in [1.82, 2.24) is 4.31 Å². The van der Waals surface area contributed by atoms with Gasteiger partial charge in [0.15, 0.2) is 6.10 Å². The van der Waals surface area contributed by atoms with Gasteiger partial charge in [0.25, 0.3) is 5.91 Å². The normalized spacial score (nSPS) is 20.8. The zero-order valence-corrected chi connectivity index (χ0v) is 20.8. The Labute approximate surface area is 200 Å². The molecule has 0 aromatic heterocycles. The predicted octanol–water partition coefficient (Wildman–Crippen LogP) is 3.76. The molecule has 4 rings (SSSR count). The van der Waals surface area contributed by atoms with Gasteiger partial charge in [-0.05, 0) is 68.9 Å². The van der Waals surface area contributed by atoms with Gasteiger partial charge in [0.05, 0.1) is 16.5 Å². The molecule has 2 N–H and O–H groups in total. The maximum Gasteiger partial charge on any atom is 0.265 e. The standard InChI is InChI=1S/C25H31N3O5S/c1-5-21-25(30)27-20-12-16(3)23(13-22(20)33-21)34(31,32)28-11-7-9-18(14-28)24(29)26-19-10-6-8-15(2)17(19)4/h6,8,10,12-13,18,21H,5,7,9,11,14H2,1-4H3,(H,26,29)(H,27,30)/t18-,21-/m1/s1. The molecule has 0 aliphatic carbocycles. The molecule has 34 heavy (non-hydrogen) atoms. The van der Waals surface area contributed by atoms with E-state index >= 15 is 0 Å². The summed E-state index contributed by atoms with van der Waals surface area (Å²) in [4.78, 5) is 25.2. The number of fused-ring (bicyclic) bond motifs is 1. The first-order valence-electron chi connectivity index (χ1n) is 11.6. The molecule has 0 spiro atoms. The van der Waals surface area contributed by atoms with Crippen LogP contribution in [0.15, 0.2) is 35.2 Å². The largest absolute Gasteiger partial charge is 0.478 e. The summed E-state index contributed by atoms with van der Waals surface area (Å²) in [7, 11) is -3.86. The van der Waals surface area contributed by atoms with Crippen molar-refractivity contribution in [3.05, 3.63) is 47.0 Å². The second-order valence-corrected chi connectivity index (χ2v) is 11.0. The molecule has 2 aliphatic rings. The van der Waals surface area contributed by atoms with Crippen LogP contribution in [-0.4, -0.2) is 43.7 Å². The molecule has 2 aromatic carbocycles. The Kier molecular flexibility index (Phi) is 6.69. The zero-order valence-electron chi connectivity index (χ0n) is 20.0. The number of carbonyl (C=O) groups is 2. The highest BCUT2D eigenvalue weighted by molar-refractivity contribution is 7.89. The Morgan fingerprint density at radius 3 is 2.71 bits per heavy atom. The van der Waals surface area contributed by atoms with E-state index in [4.69, 9.17) is 4.74 Å². The number of nitrogens with zero attached hydrogens (tertiary/aromatic N) is 1. The fourth-order valence-corrected chi connectivity index (χ4v) is 6.21. The van der Waals surface area contributed by atoms with Gasteiger partial charge in [0.1, 0.15) is 5.75 Å². The van der Waals surface area contributed by atoms with Crippen molar-refractivity contribution in [2.75, 3.05) is 23.7 Å². The van der Waals surface area contributed by atoms with Crippen LogP contribution in [0.3, 0.4) is 0 Å². The predicted molar refractivity (Wildman–Crippen MR) is 131 cm³/mol. The highest BCUT2D eigenvalue weighted by Crippen LogP contribution is 2.36. The molecule has 0 radical (unpaired) electrons. The van der Waals surface area contributed by atoms with Crippen LogP contribution in [0.1, 0.15) is 42.9 Å². The quantitative estimate of drug-likeness (QED) is 0.671. The second-order valence-electron chi connectivity index (χ2n) is 9.06. The number of piperidine rings is 1. The smallest absolute Gasteiger partial charge is 0.265 e. The number of aryl methyl sites for hydroxylation is 2. The molecular formula is C25H31N3O5S. The monoisotopic (exact) mass is 485 g/mol. The molecule has 2 aliphatic heterocycles. The van der Waals surface area contributed by atoms with Crippen LogP contribution in [0.25, 0.3) is 0 Å². The fraction of sp³-hybridized carbons (Fsp3) is 0.440. The van der Waals surface area contributed by atoms with Gasteiger partial charge in [-0.3, -0.25) is 9.59 Å².